The number of nitrogens with zero attached hydrogens (tertiary/aromatic N) is 6. The van der Waals surface area contributed by atoms with Crippen molar-refractivity contribution in [1.82, 2.24) is 0 Å². The van der Waals surface area contributed by atoms with E-state index in [0.29, 0.717) is 34.9 Å². The van der Waals surface area contributed by atoms with E-state index in [4.69, 9.17) is 30.9 Å². The van der Waals surface area contributed by atoms with Crippen molar-refractivity contribution >= 4 is 116 Å². The van der Waals surface area contributed by atoms with Gasteiger partial charge in [-0.2, -0.15) is 23.8 Å². The van der Waals surface area contributed by atoms with Gasteiger partial charge in [-0.05, 0) is 102 Å². The second kappa shape index (κ2) is 21.9. The van der Waals surface area contributed by atoms with Crippen molar-refractivity contribution in [2.24, 2.45) is 30.7 Å². The number of azo groups is 3. The number of sulfonamides is 1. The first-order valence-electron chi connectivity index (χ1n) is 18.2. The summed E-state index contributed by atoms with van der Waals surface area (Å²) in [6.07, 6.45) is 0. The molecule has 0 radical (unpaired) electrons. The molecule has 25 nitrogen and oxygen atoms in total. The van der Waals surface area contributed by atoms with Gasteiger partial charge in [0.2, 0.25) is 0 Å². The van der Waals surface area contributed by atoms with Gasteiger partial charge in [0.25, 0.3) is 20.1 Å². The molecule has 6 rings (SSSR count). The molecule has 0 heterocycles. The molecule has 0 aliphatic rings. The van der Waals surface area contributed by atoms with E-state index in [1.54, 1.807) is 18.2 Å². The maximum Gasteiger partial charge on any atom is 0.296 e. The smallest absolute Gasteiger partial charge is 0.296 e. The van der Waals surface area contributed by atoms with Crippen molar-refractivity contribution in [2.45, 2.75) is 19.6 Å². The highest BCUT2D eigenvalue weighted by Gasteiger charge is 2.26. The zero-order valence-electron chi connectivity index (χ0n) is 33.8. The van der Waals surface area contributed by atoms with E-state index in [9.17, 15) is 34.9 Å². The van der Waals surface area contributed by atoms with E-state index in [2.05, 4.69) is 54.2 Å². The summed E-state index contributed by atoms with van der Waals surface area (Å²) in [4.78, 5) is -1.28. The quantitative estimate of drug-likeness (QED) is 0.00671. The summed E-state index contributed by atoms with van der Waals surface area (Å²) >= 11 is 0.514. The minimum absolute atomic E-state index is 0.00713. The molecule has 0 unspecified atom stereocenters. The highest BCUT2D eigenvalue weighted by Crippen LogP contribution is 2.49. The molecule has 0 amide bonds. The van der Waals surface area contributed by atoms with Crippen LogP contribution in [0.4, 0.5) is 51.2 Å². The molecule has 0 spiro atoms. The first kappa shape index (κ1) is 50.0. The number of benzene rings is 6. The maximum absolute atomic E-state index is 13.2. The van der Waals surface area contributed by atoms with E-state index < -0.39 is 57.8 Å². The average Bonchev–Trinajstić information content (AvgIpc) is 3.29. The highest BCUT2D eigenvalue weighted by molar-refractivity contribution is 7.94. The molecule has 6 aromatic carbocycles. The number of phenols is 1. The summed E-state index contributed by atoms with van der Waals surface area (Å²) in [5, 5.41) is 59.4. The number of nitrogens with one attached hydrogen (secondary N) is 1. The molecule has 0 aliphatic heterocycles. The molecular formula is C37H33N9O16S5. The zero-order chi connectivity index (χ0) is 48.4. The molecule has 0 aromatic heterocycles. The highest BCUT2D eigenvalue weighted by atomic mass is 32.2. The molecule has 352 valence electrons. The van der Waals surface area contributed by atoms with E-state index >= 15 is 0 Å². The number of anilines is 3. The normalized spacial score (nSPS) is 12.5. The van der Waals surface area contributed by atoms with Crippen LogP contribution < -0.4 is 20.9 Å². The monoisotopic (exact) mass is 1020 g/mol. The fourth-order valence-electron chi connectivity index (χ4n) is 5.68. The molecule has 0 saturated carbocycles. The minimum Gasteiger partial charge on any atom is -0.505 e. The summed E-state index contributed by atoms with van der Waals surface area (Å²) in [5.41, 5.74) is 12.3. The van der Waals surface area contributed by atoms with Crippen LogP contribution in [0.2, 0.25) is 0 Å². The van der Waals surface area contributed by atoms with Crippen LogP contribution in [0.3, 0.4) is 0 Å². The number of rotatable bonds is 21. The van der Waals surface area contributed by atoms with Crippen LogP contribution in [0, 0.1) is 0 Å². The summed E-state index contributed by atoms with van der Waals surface area (Å²) in [5.74, 6) is -0.781. The lowest BCUT2D eigenvalue weighted by Gasteiger charge is -2.14. The summed E-state index contributed by atoms with van der Waals surface area (Å²) in [7, 11) is -11.6. The van der Waals surface area contributed by atoms with Crippen LogP contribution in [0.25, 0.3) is 10.8 Å². The summed E-state index contributed by atoms with van der Waals surface area (Å²) in [6.45, 7) is -0.326. The topological polar surface area (TPSA) is 377 Å². The SMILES string of the molecule is COc1cc(N)ccc1N=Nc1ccc(NS(=O)(=O)c2ccc(N=Nc3c(S(=O)(=O)O)cc4cc(SOOO)c(N=Nc5ccc(S(=O)(=O)CCOSOOO)cc5)c(O)c4c3N)cc2)cc1. The standard InChI is InChI=1S/C37H33N9O16S5/c1-57-30-20-22(38)2-15-29(30)43-40-23-3-5-26(6-4-23)46-66(52,53)28-13-9-25(10-14-28)42-45-36-32(67(54,55)56)19-21-18-31(63-61-59-48)35(37(47)33(21)34(36)39)44-41-24-7-11-27(12-8-24)65(50,51)17-16-58-64-62-60-49/h2-15,18-20,46-49H,16-17,38-39H2,1H3,(H,54,55,56). The Morgan fingerprint density at radius 2 is 1.27 bits per heavy atom. The van der Waals surface area contributed by atoms with Gasteiger partial charge in [-0.15, -0.1) is 24.0 Å². The molecular weight excluding hydrogens is 987 g/mol. The van der Waals surface area contributed by atoms with Crippen LogP contribution in [-0.4, -0.2) is 64.9 Å². The lowest BCUT2D eigenvalue weighted by atomic mass is 10.1. The van der Waals surface area contributed by atoms with Crippen molar-refractivity contribution in [2.75, 3.05) is 35.7 Å². The van der Waals surface area contributed by atoms with E-state index in [1.807, 2.05) is 0 Å². The number of sulfone groups is 1. The van der Waals surface area contributed by atoms with Crippen molar-refractivity contribution < 1.29 is 73.1 Å². The number of aromatic hydroxyl groups is 1. The van der Waals surface area contributed by atoms with Crippen molar-refractivity contribution in [3.8, 4) is 11.5 Å². The van der Waals surface area contributed by atoms with E-state index in [1.165, 1.54) is 86.0 Å². The molecule has 6 aromatic rings. The Hall–Kier alpha value is -6.39. The van der Waals surface area contributed by atoms with Gasteiger partial charge in [0, 0.05) is 17.4 Å². The molecule has 67 heavy (non-hydrogen) atoms. The van der Waals surface area contributed by atoms with Crippen LogP contribution in [-0.2, 0) is 52.9 Å². The third-order valence-corrected chi connectivity index (χ3v) is 13.7. The molecule has 0 aliphatic carbocycles. The minimum atomic E-state index is -5.09. The van der Waals surface area contributed by atoms with E-state index in [-0.39, 0.29) is 67.1 Å². The largest absolute Gasteiger partial charge is 0.505 e. The van der Waals surface area contributed by atoms with Gasteiger partial charge in [-0.25, -0.2) is 27.4 Å². The second-order valence-electron chi connectivity index (χ2n) is 13.0. The van der Waals surface area contributed by atoms with Crippen molar-refractivity contribution in [1.29, 1.82) is 0 Å². The number of ether oxygens (including phenoxy) is 1. The molecule has 30 heteroatoms. The number of hydrogen-bond donors (Lipinski definition) is 7. The first-order valence-corrected chi connectivity index (χ1v) is 24.2. The zero-order valence-corrected chi connectivity index (χ0v) is 37.9. The predicted octanol–water partition coefficient (Wildman–Crippen LogP) is 9.22. The fraction of sp³-hybridized carbons (Fsp3) is 0.0811. The third-order valence-electron chi connectivity index (χ3n) is 8.76. The van der Waals surface area contributed by atoms with E-state index in [0.717, 1.165) is 6.07 Å². The Morgan fingerprint density at radius 3 is 1.87 bits per heavy atom. The number of fused-ring (bicyclic) bond motifs is 1. The fourth-order valence-corrected chi connectivity index (χ4v) is 9.31. The maximum atomic E-state index is 13.2. The molecule has 9 N–H and O–H groups in total. The number of hydrogen-bond acceptors (Lipinski definition) is 25. The van der Waals surface area contributed by atoms with Crippen molar-refractivity contribution in [3.63, 3.8) is 0 Å². The molecule has 0 fully saturated rings. The van der Waals surface area contributed by atoms with Gasteiger partial charge in [0.05, 0.1) is 74.3 Å². The lowest BCUT2D eigenvalue weighted by Crippen LogP contribution is -2.12. The summed E-state index contributed by atoms with van der Waals surface area (Å²) in [6, 6.07) is 22.9. The Bertz CT molecular complexity index is 3180. The molecule has 0 bridgehead atoms. The van der Waals surface area contributed by atoms with Crippen LogP contribution in [0.15, 0.2) is 153 Å². The lowest BCUT2D eigenvalue weighted by molar-refractivity contribution is -0.434. The Balaban J connectivity index is 1.24. The Labute approximate surface area is 388 Å². The average molecular weight is 1020 g/mol. The number of nitrogens with two attached hydrogens (primary N) is 2. The van der Waals surface area contributed by atoms with Crippen LogP contribution in [0.1, 0.15) is 0 Å². The van der Waals surface area contributed by atoms with Gasteiger partial charge >= 0.3 is 0 Å². The number of nitrogen functional groups attached to an aromatic ring is 2. The van der Waals surface area contributed by atoms with Gasteiger partial charge in [-0.3, -0.25) is 13.5 Å². The number of phenolic OH excluding ortho intramolecular Hbond substituents is 1. The predicted molar refractivity (Wildman–Crippen MR) is 241 cm³/mol. The summed E-state index contributed by atoms with van der Waals surface area (Å²) < 4.78 is 108. The van der Waals surface area contributed by atoms with Gasteiger partial charge in [0.1, 0.15) is 27.7 Å². The Morgan fingerprint density at radius 1 is 0.687 bits per heavy atom. The molecule has 0 atom stereocenters. The van der Waals surface area contributed by atoms with Gasteiger partial charge < -0.3 is 21.3 Å². The Kier molecular flexibility index (Phi) is 16.4. The van der Waals surface area contributed by atoms with Gasteiger partial charge in [-0.1, -0.05) is 10.1 Å². The van der Waals surface area contributed by atoms with Crippen LogP contribution in [0.5, 0.6) is 11.5 Å². The second-order valence-corrected chi connectivity index (χ2v) is 19.5. The first-order chi connectivity index (χ1) is 31.9. The number of methoxy groups -OCH3 is 1. The molecule has 0 saturated heterocycles. The van der Waals surface area contributed by atoms with Gasteiger partial charge in [0.15, 0.2) is 27.9 Å². The van der Waals surface area contributed by atoms with Crippen LogP contribution >= 0.6 is 24.4 Å². The van der Waals surface area contributed by atoms with Crippen molar-refractivity contribution in [3.05, 3.63) is 103 Å². The third kappa shape index (κ3) is 12.7.